The van der Waals surface area contributed by atoms with Gasteiger partial charge in [0.15, 0.2) is 0 Å². The van der Waals surface area contributed by atoms with Crippen molar-refractivity contribution in [3.63, 3.8) is 0 Å². The topological polar surface area (TPSA) is 98.8 Å². The molecule has 10 heteroatoms. The lowest BCUT2D eigenvalue weighted by Crippen LogP contribution is -2.45. The Morgan fingerprint density at radius 3 is 2.44 bits per heavy atom. The number of anilines is 2. The van der Waals surface area contributed by atoms with Crippen molar-refractivity contribution < 1.29 is 14.3 Å². The summed E-state index contributed by atoms with van der Waals surface area (Å²) in [6, 6.07) is 3.62. The summed E-state index contributed by atoms with van der Waals surface area (Å²) in [6.45, 7) is 12.7. The van der Waals surface area contributed by atoms with Gasteiger partial charge in [0.1, 0.15) is 11.3 Å². The van der Waals surface area contributed by atoms with Crippen LogP contribution < -0.4 is 16.0 Å². The molecule has 0 bridgehead atoms. The third-order valence-electron chi connectivity index (χ3n) is 5.36. The standard InChI is InChI=1S/C24H36N6O3S/c1-24(2,3)33-23(32)28-21-17-34-16-20(21)27-22(31)19-7-6-18(15-26-19)14-25-8-5-9-30-12-10-29(4)11-13-30/h6-7,15-17,25H,5,8-14H2,1-4H3,(H,27,31)(H,28,32). The molecular weight excluding hydrogens is 452 g/mol. The van der Waals surface area contributed by atoms with E-state index in [1.54, 1.807) is 43.8 Å². The molecule has 1 aliphatic heterocycles. The Hall–Kier alpha value is -2.53. The van der Waals surface area contributed by atoms with Gasteiger partial charge in [0.2, 0.25) is 0 Å². The molecule has 186 valence electrons. The van der Waals surface area contributed by atoms with Crippen LogP contribution in [0.5, 0.6) is 0 Å². The van der Waals surface area contributed by atoms with Gasteiger partial charge in [0, 0.05) is 49.7 Å². The van der Waals surface area contributed by atoms with Crippen molar-refractivity contribution in [3.05, 3.63) is 40.3 Å². The highest BCUT2D eigenvalue weighted by atomic mass is 32.1. The van der Waals surface area contributed by atoms with Crippen LogP contribution >= 0.6 is 11.3 Å². The second-order valence-electron chi connectivity index (χ2n) is 9.51. The van der Waals surface area contributed by atoms with E-state index in [0.717, 1.165) is 51.3 Å². The monoisotopic (exact) mass is 488 g/mol. The average Bonchev–Trinajstić information content (AvgIpc) is 3.20. The number of carbonyl (C=O) groups is 2. The molecule has 1 aliphatic rings. The Morgan fingerprint density at radius 1 is 1.09 bits per heavy atom. The smallest absolute Gasteiger partial charge is 0.412 e. The Bertz CT molecular complexity index is 933. The number of hydrogen-bond acceptors (Lipinski definition) is 8. The minimum atomic E-state index is -0.603. The van der Waals surface area contributed by atoms with Gasteiger partial charge in [-0.05, 0) is 59.0 Å². The number of pyridine rings is 1. The van der Waals surface area contributed by atoms with Crippen LogP contribution in [0.25, 0.3) is 0 Å². The zero-order valence-electron chi connectivity index (χ0n) is 20.5. The van der Waals surface area contributed by atoms with E-state index in [9.17, 15) is 9.59 Å². The number of hydrogen-bond donors (Lipinski definition) is 3. The molecule has 3 rings (SSSR count). The van der Waals surface area contributed by atoms with Crippen LogP contribution in [0.15, 0.2) is 29.1 Å². The molecule has 2 amide bonds. The summed E-state index contributed by atoms with van der Waals surface area (Å²) >= 11 is 1.37. The van der Waals surface area contributed by atoms with E-state index in [-0.39, 0.29) is 5.91 Å². The average molecular weight is 489 g/mol. The molecule has 1 saturated heterocycles. The molecular formula is C24H36N6O3S. The number of likely N-dealkylation sites (N-methyl/N-ethyl adjacent to an activating group) is 1. The summed E-state index contributed by atoms with van der Waals surface area (Å²) in [7, 11) is 2.17. The van der Waals surface area contributed by atoms with Crippen molar-refractivity contribution >= 4 is 34.7 Å². The summed E-state index contributed by atoms with van der Waals surface area (Å²) in [6.07, 6.45) is 2.26. The van der Waals surface area contributed by atoms with Gasteiger partial charge in [0.05, 0.1) is 11.4 Å². The molecule has 0 atom stereocenters. The summed E-state index contributed by atoms with van der Waals surface area (Å²) in [5.74, 6) is -0.336. The predicted octanol–water partition coefficient (Wildman–Crippen LogP) is 3.47. The number of nitrogens with zero attached hydrogens (tertiary/aromatic N) is 3. The van der Waals surface area contributed by atoms with Crippen LogP contribution in [-0.2, 0) is 11.3 Å². The number of piperazine rings is 1. The van der Waals surface area contributed by atoms with Gasteiger partial charge >= 0.3 is 6.09 Å². The maximum absolute atomic E-state index is 12.6. The molecule has 2 aromatic rings. The van der Waals surface area contributed by atoms with Crippen LogP contribution in [0, 0.1) is 0 Å². The highest BCUT2D eigenvalue weighted by Crippen LogP contribution is 2.27. The molecule has 0 spiro atoms. The molecule has 3 heterocycles. The normalized spacial score (nSPS) is 15.2. The quantitative estimate of drug-likeness (QED) is 0.465. The summed E-state index contributed by atoms with van der Waals surface area (Å²) in [4.78, 5) is 33.8. The van der Waals surface area contributed by atoms with Gasteiger partial charge in [-0.3, -0.25) is 15.1 Å². The van der Waals surface area contributed by atoms with Gasteiger partial charge in [0.25, 0.3) is 5.91 Å². The van der Waals surface area contributed by atoms with Crippen molar-refractivity contribution in [2.75, 3.05) is 56.9 Å². The highest BCUT2D eigenvalue weighted by Gasteiger charge is 2.19. The molecule has 0 unspecified atom stereocenters. The van der Waals surface area contributed by atoms with Crippen LogP contribution in [0.2, 0.25) is 0 Å². The van der Waals surface area contributed by atoms with E-state index in [2.05, 4.69) is 37.8 Å². The second-order valence-corrected chi connectivity index (χ2v) is 10.3. The Kier molecular flexibility index (Phi) is 9.40. The minimum absolute atomic E-state index is 0.313. The zero-order valence-corrected chi connectivity index (χ0v) is 21.3. The first-order valence-electron chi connectivity index (χ1n) is 11.6. The van der Waals surface area contributed by atoms with Gasteiger partial charge in [-0.25, -0.2) is 4.79 Å². The maximum atomic E-state index is 12.6. The number of rotatable bonds is 9. The van der Waals surface area contributed by atoms with Crippen molar-refractivity contribution in [1.29, 1.82) is 0 Å². The van der Waals surface area contributed by atoms with Gasteiger partial charge in [-0.15, -0.1) is 11.3 Å². The molecule has 0 saturated carbocycles. The molecule has 2 aromatic heterocycles. The van der Waals surface area contributed by atoms with E-state index < -0.39 is 11.7 Å². The Balaban J connectivity index is 1.40. The minimum Gasteiger partial charge on any atom is -0.444 e. The third kappa shape index (κ3) is 8.68. The summed E-state index contributed by atoms with van der Waals surface area (Å²) in [5, 5.41) is 12.4. The van der Waals surface area contributed by atoms with Crippen molar-refractivity contribution in [2.24, 2.45) is 0 Å². The van der Waals surface area contributed by atoms with Crippen molar-refractivity contribution in [2.45, 2.75) is 39.3 Å². The first kappa shape index (κ1) is 26.1. The first-order chi connectivity index (χ1) is 16.2. The number of carbonyl (C=O) groups excluding carboxylic acids is 2. The van der Waals surface area contributed by atoms with E-state index in [1.165, 1.54) is 11.3 Å². The predicted molar refractivity (Wildman–Crippen MR) is 137 cm³/mol. The Labute approximate surface area is 205 Å². The lowest BCUT2D eigenvalue weighted by molar-refractivity contribution is 0.0635. The summed E-state index contributed by atoms with van der Waals surface area (Å²) in [5.41, 5.74) is 1.74. The van der Waals surface area contributed by atoms with Gasteiger partial charge < -0.3 is 25.2 Å². The van der Waals surface area contributed by atoms with Crippen molar-refractivity contribution in [3.8, 4) is 0 Å². The molecule has 0 radical (unpaired) electrons. The molecule has 0 aliphatic carbocycles. The molecule has 0 aromatic carbocycles. The second kappa shape index (κ2) is 12.3. The van der Waals surface area contributed by atoms with E-state index in [0.29, 0.717) is 23.6 Å². The number of nitrogens with one attached hydrogen (secondary N) is 3. The third-order valence-corrected chi connectivity index (χ3v) is 6.10. The first-order valence-corrected chi connectivity index (χ1v) is 12.6. The maximum Gasteiger partial charge on any atom is 0.412 e. The lowest BCUT2D eigenvalue weighted by atomic mass is 10.2. The summed E-state index contributed by atoms with van der Waals surface area (Å²) < 4.78 is 5.27. The zero-order chi connectivity index (χ0) is 24.6. The number of thiophene rings is 1. The fourth-order valence-electron chi connectivity index (χ4n) is 3.49. The Morgan fingerprint density at radius 2 is 1.79 bits per heavy atom. The van der Waals surface area contributed by atoms with Gasteiger partial charge in [-0.1, -0.05) is 6.07 Å². The van der Waals surface area contributed by atoms with E-state index in [4.69, 9.17) is 4.74 Å². The van der Waals surface area contributed by atoms with Crippen LogP contribution in [0.4, 0.5) is 16.2 Å². The number of aromatic nitrogens is 1. The fourth-order valence-corrected chi connectivity index (χ4v) is 4.20. The number of amides is 2. The van der Waals surface area contributed by atoms with Crippen LogP contribution in [-0.4, -0.2) is 78.7 Å². The highest BCUT2D eigenvalue weighted by molar-refractivity contribution is 7.09. The fraction of sp³-hybridized carbons (Fsp3) is 0.542. The van der Waals surface area contributed by atoms with Crippen LogP contribution in [0.1, 0.15) is 43.2 Å². The number of ether oxygens (including phenoxy) is 1. The largest absolute Gasteiger partial charge is 0.444 e. The van der Waals surface area contributed by atoms with Crippen LogP contribution in [0.3, 0.4) is 0 Å². The molecule has 1 fully saturated rings. The molecule has 9 nitrogen and oxygen atoms in total. The molecule has 3 N–H and O–H groups in total. The lowest BCUT2D eigenvalue weighted by Gasteiger charge is -2.32. The van der Waals surface area contributed by atoms with Gasteiger partial charge in [-0.2, -0.15) is 0 Å². The van der Waals surface area contributed by atoms with E-state index >= 15 is 0 Å². The SMILES string of the molecule is CN1CCN(CCCNCc2ccc(C(=O)Nc3cscc3NC(=O)OC(C)(C)C)nc2)CC1. The molecule has 34 heavy (non-hydrogen) atoms. The van der Waals surface area contributed by atoms with Crippen molar-refractivity contribution in [1.82, 2.24) is 20.1 Å². The van der Waals surface area contributed by atoms with E-state index in [1.807, 2.05) is 6.07 Å².